The van der Waals surface area contributed by atoms with Crippen LogP contribution in [0.4, 0.5) is 5.82 Å². The number of fused-ring (bicyclic) bond motifs is 1. The van der Waals surface area contributed by atoms with Crippen LogP contribution in [0, 0.1) is 12.8 Å². The predicted molar refractivity (Wildman–Crippen MR) is 136 cm³/mol. The van der Waals surface area contributed by atoms with Gasteiger partial charge in [-0.25, -0.2) is 4.98 Å². The highest BCUT2D eigenvalue weighted by atomic mass is 32.2. The minimum Gasteiger partial charge on any atom is -0.376 e. The molecule has 0 aromatic carbocycles. The van der Waals surface area contributed by atoms with Gasteiger partial charge >= 0.3 is 0 Å². The second-order valence-corrected chi connectivity index (χ2v) is 10.9. The molecule has 5 heterocycles. The Bertz CT molecular complexity index is 1190. The van der Waals surface area contributed by atoms with Crippen LogP contribution in [0.15, 0.2) is 28.0 Å². The molecule has 33 heavy (non-hydrogen) atoms. The van der Waals surface area contributed by atoms with Gasteiger partial charge in [0, 0.05) is 25.9 Å². The Morgan fingerprint density at radius 3 is 2.76 bits per heavy atom. The second-order valence-electron chi connectivity index (χ2n) is 9.19. The third-order valence-corrected chi connectivity index (χ3v) is 8.01. The lowest BCUT2D eigenvalue weighted by Crippen LogP contribution is -2.36. The van der Waals surface area contributed by atoms with Crippen LogP contribution < -0.4 is 10.5 Å². The third-order valence-electron chi connectivity index (χ3n) is 6.63. The summed E-state index contributed by atoms with van der Waals surface area (Å²) in [5.74, 6) is 1.15. The minimum atomic E-state index is -0.165. The van der Waals surface area contributed by atoms with E-state index in [1.54, 1.807) is 21.6 Å². The molecule has 1 amide bonds. The number of amides is 1. The standard InChI is InChI=1S/C24H28N4O3S2/c1-15-7-9-26(10-8-15)21-18(22(29)27-13-16(2)5-6-20(27)25-21)12-19-23(30)28(24(32)33-19)14-17-4-3-11-31-17/h5-6,12-13,15,17H,3-4,7-11,14H2,1-2H3/b19-12-. The number of thiocarbonyl (C=S) groups is 1. The molecule has 7 nitrogen and oxygen atoms in total. The van der Waals surface area contributed by atoms with Crippen LogP contribution in [0.5, 0.6) is 0 Å². The maximum atomic E-state index is 13.6. The van der Waals surface area contributed by atoms with E-state index in [-0.39, 0.29) is 17.6 Å². The van der Waals surface area contributed by atoms with Crippen molar-refractivity contribution in [2.45, 2.75) is 45.6 Å². The Labute approximate surface area is 202 Å². The van der Waals surface area contributed by atoms with Gasteiger partial charge in [-0.15, -0.1) is 0 Å². The molecule has 0 aliphatic carbocycles. The summed E-state index contributed by atoms with van der Waals surface area (Å²) in [6.07, 6.45) is 7.57. The first-order valence-electron chi connectivity index (χ1n) is 11.6. The van der Waals surface area contributed by atoms with Gasteiger partial charge in [0.15, 0.2) is 0 Å². The molecular weight excluding hydrogens is 456 g/mol. The molecule has 3 fully saturated rings. The molecule has 2 aromatic rings. The SMILES string of the molecule is Cc1ccc2nc(N3CCC(C)CC3)c(/C=C3\SC(=S)N(CC4CCCO4)C3=O)c(=O)n2c1. The monoisotopic (exact) mass is 484 g/mol. The highest BCUT2D eigenvalue weighted by molar-refractivity contribution is 8.26. The maximum absolute atomic E-state index is 13.6. The fourth-order valence-corrected chi connectivity index (χ4v) is 5.87. The number of pyridine rings is 1. The van der Waals surface area contributed by atoms with Gasteiger partial charge in [0.05, 0.1) is 23.1 Å². The van der Waals surface area contributed by atoms with Crippen LogP contribution >= 0.6 is 24.0 Å². The Kier molecular flexibility index (Phi) is 6.28. The largest absolute Gasteiger partial charge is 0.376 e. The van der Waals surface area contributed by atoms with Gasteiger partial charge < -0.3 is 9.64 Å². The van der Waals surface area contributed by atoms with Crippen LogP contribution in [0.25, 0.3) is 11.7 Å². The third kappa shape index (κ3) is 4.46. The molecular formula is C24H28N4O3S2. The van der Waals surface area contributed by atoms with Crippen molar-refractivity contribution in [1.29, 1.82) is 0 Å². The number of nitrogens with zero attached hydrogens (tertiary/aromatic N) is 4. The number of ether oxygens (including phenoxy) is 1. The van der Waals surface area contributed by atoms with Gasteiger partial charge in [0.1, 0.15) is 15.8 Å². The number of anilines is 1. The number of piperidine rings is 1. The van der Waals surface area contributed by atoms with Crippen molar-refractivity contribution in [3.63, 3.8) is 0 Å². The Hall–Kier alpha value is -2.23. The Balaban J connectivity index is 1.56. The summed E-state index contributed by atoms with van der Waals surface area (Å²) in [6, 6.07) is 3.83. The average molecular weight is 485 g/mol. The van der Waals surface area contributed by atoms with Crippen molar-refractivity contribution in [2.24, 2.45) is 5.92 Å². The molecule has 3 saturated heterocycles. The van der Waals surface area contributed by atoms with E-state index >= 15 is 0 Å². The Morgan fingerprint density at radius 2 is 2.03 bits per heavy atom. The lowest BCUT2D eigenvalue weighted by atomic mass is 9.99. The van der Waals surface area contributed by atoms with Gasteiger partial charge in [-0.3, -0.25) is 18.9 Å². The molecule has 0 saturated carbocycles. The molecule has 174 valence electrons. The molecule has 9 heteroatoms. The molecule has 0 spiro atoms. The summed E-state index contributed by atoms with van der Waals surface area (Å²) in [5, 5.41) is 0. The minimum absolute atomic E-state index is 0.0219. The van der Waals surface area contributed by atoms with E-state index in [4.69, 9.17) is 21.9 Å². The smallest absolute Gasteiger partial charge is 0.267 e. The molecule has 1 atom stereocenters. The van der Waals surface area contributed by atoms with E-state index in [2.05, 4.69) is 11.8 Å². The second kappa shape index (κ2) is 9.19. The fourth-order valence-electron chi connectivity index (χ4n) is 4.62. The first kappa shape index (κ1) is 22.6. The van der Waals surface area contributed by atoms with E-state index in [1.807, 2.05) is 19.1 Å². The van der Waals surface area contributed by atoms with Crippen LogP contribution in [0.2, 0.25) is 0 Å². The lowest BCUT2D eigenvalue weighted by molar-refractivity contribution is -0.123. The predicted octanol–water partition coefficient (Wildman–Crippen LogP) is 3.62. The van der Waals surface area contributed by atoms with Crippen molar-refractivity contribution < 1.29 is 9.53 Å². The number of hydrogen-bond acceptors (Lipinski definition) is 7. The normalized spacial score (nSPS) is 23.5. The number of hydrogen-bond donors (Lipinski definition) is 0. The van der Waals surface area contributed by atoms with Crippen molar-refractivity contribution in [3.8, 4) is 0 Å². The summed E-state index contributed by atoms with van der Waals surface area (Å²) >= 11 is 6.76. The van der Waals surface area contributed by atoms with E-state index in [1.165, 1.54) is 11.8 Å². The first-order valence-corrected chi connectivity index (χ1v) is 12.8. The van der Waals surface area contributed by atoms with E-state index in [9.17, 15) is 9.59 Å². The number of thioether (sulfide) groups is 1. The van der Waals surface area contributed by atoms with Crippen molar-refractivity contribution in [2.75, 3.05) is 31.1 Å². The summed E-state index contributed by atoms with van der Waals surface area (Å²) < 4.78 is 7.79. The zero-order valence-corrected chi connectivity index (χ0v) is 20.6. The molecule has 3 aliphatic rings. The highest BCUT2D eigenvalue weighted by Gasteiger charge is 2.35. The fraction of sp³-hybridized carbons (Fsp3) is 0.500. The lowest BCUT2D eigenvalue weighted by Gasteiger charge is -2.32. The van der Waals surface area contributed by atoms with Gasteiger partial charge in [-0.05, 0) is 56.2 Å². The maximum Gasteiger partial charge on any atom is 0.267 e. The van der Waals surface area contributed by atoms with E-state index in [0.717, 1.165) is 50.9 Å². The van der Waals surface area contributed by atoms with Gasteiger partial charge in [-0.1, -0.05) is 37.0 Å². The van der Waals surface area contributed by atoms with Crippen molar-refractivity contribution in [3.05, 3.63) is 44.7 Å². The Morgan fingerprint density at radius 1 is 1.24 bits per heavy atom. The van der Waals surface area contributed by atoms with Gasteiger partial charge in [-0.2, -0.15) is 0 Å². The summed E-state index contributed by atoms with van der Waals surface area (Å²) in [6.45, 7) is 7.08. The van der Waals surface area contributed by atoms with Gasteiger partial charge in [0.25, 0.3) is 11.5 Å². The van der Waals surface area contributed by atoms with Crippen LogP contribution in [-0.4, -0.2) is 56.9 Å². The number of rotatable bonds is 4. The molecule has 0 bridgehead atoms. The summed E-state index contributed by atoms with van der Waals surface area (Å²) in [7, 11) is 0. The number of carbonyl (C=O) groups excluding carboxylic acids is 1. The number of aryl methyl sites for hydroxylation is 1. The summed E-state index contributed by atoms with van der Waals surface area (Å²) in [4.78, 5) is 36.0. The number of carbonyl (C=O) groups is 1. The molecule has 0 radical (unpaired) electrons. The van der Waals surface area contributed by atoms with Crippen LogP contribution in [-0.2, 0) is 9.53 Å². The van der Waals surface area contributed by atoms with Crippen molar-refractivity contribution >= 4 is 51.7 Å². The average Bonchev–Trinajstić information content (AvgIpc) is 3.41. The molecule has 1 unspecified atom stereocenters. The molecule has 2 aromatic heterocycles. The number of aromatic nitrogens is 2. The van der Waals surface area contributed by atoms with E-state index in [0.29, 0.717) is 38.7 Å². The van der Waals surface area contributed by atoms with Crippen LogP contribution in [0.3, 0.4) is 0 Å². The first-order chi connectivity index (χ1) is 15.9. The quantitative estimate of drug-likeness (QED) is 0.485. The molecule has 5 rings (SSSR count). The summed E-state index contributed by atoms with van der Waals surface area (Å²) in [5.41, 5.74) is 1.87. The molecule has 3 aliphatic heterocycles. The zero-order chi connectivity index (χ0) is 23.1. The van der Waals surface area contributed by atoms with E-state index < -0.39 is 0 Å². The molecule has 0 N–H and O–H groups in total. The van der Waals surface area contributed by atoms with Crippen LogP contribution in [0.1, 0.15) is 43.7 Å². The van der Waals surface area contributed by atoms with Gasteiger partial charge in [0.2, 0.25) is 0 Å². The van der Waals surface area contributed by atoms with Crippen molar-refractivity contribution in [1.82, 2.24) is 14.3 Å². The zero-order valence-electron chi connectivity index (χ0n) is 19.0. The topological polar surface area (TPSA) is 67.2 Å². The highest BCUT2D eigenvalue weighted by Crippen LogP contribution is 2.35.